The molecule has 1 aliphatic heterocycles. The van der Waals surface area contributed by atoms with Crippen LogP contribution in [0.25, 0.3) is 0 Å². The number of benzene rings is 1. The summed E-state index contributed by atoms with van der Waals surface area (Å²) >= 11 is 0. The van der Waals surface area contributed by atoms with Gasteiger partial charge in [-0.25, -0.2) is 0 Å². The van der Waals surface area contributed by atoms with Gasteiger partial charge in [-0.15, -0.1) is 0 Å². The van der Waals surface area contributed by atoms with Gasteiger partial charge in [-0.05, 0) is 25.8 Å². The standard InChI is InChI=1S/C14H19NO3/c1-11(16)12-6-2-3-7-13(12)18-10-14(17)15-8-4-5-9-15/h2-3,6-7,11,16H,4-5,8-10H2,1H3/t11-/m1/s1. The molecule has 1 aliphatic rings. The highest BCUT2D eigenvalue weighted by Crippen LogP contribution is 2.24. The normalized spacial score (nSPS) is 16.7. The third kappa shape index (κ3) is 3.01. The fraction of sp³-hybridized carbons (Fsp3) is 0.500. The third-order valence-corrected chi connectivity index (χ3v) is 3.18. The van der Waals surface area contributed by atoms with Crippen LogP contribution in [0, 0.1) is 0 Å². The highest BCUT2D eigenvalue weighted by molar-refractivity contribution is 5.78. The van der Waals surface area contributed by atoms with Crippen molar-refractivity contribution in [3.05, 3.63) is 29.8 Å². The largest absolute Gasteiger partial charge is 0.483 e. The molecule has 1 amide bonds. The summed E-state index contributed by atoms with van der Waals surface area (Å²) in [6.07, 6.45) is 1.56. The highest BCUT2D eigenvalue weighted by atomic mass is 16.5. The number of aliphatic hydroxyl groups excluding tert-OH is 1. The maximum Gasteiger partial charge on any atom is 0.260 e. The molecular formula is C14H19NO3. The molecule has 1 atom stereocenters. The number of nitrogens with zero attached hydrogens (tertiary/aromatic N) is 1. The van der Waals surface area contributed by atoms with Gasteiger partial charge in [0.25, 0.3) is 5.91 Å². The molecule has 0 saturated carbocycles. The molecule has 1 heterocycles. The van der Waals surface area contributed by atoms with Crippen LogP contribution >= 0.6 is 0 Å². The minimum Gasteiger partial charge on any atom is -0.483 e. The Bertz CT molecular complexity index is 411. The van der Waals surface area contributed by atoms with Crippen LogP contribution in [0.3, 0.4) is 0 Å². The molecule has 0 unspecified atom stereocenters. The lowest BCUT2D eigenvalue weighted by Gasteiger charge is -2.17. The summed E-state index contributed by atoms with van der Waals surface area (Å²) in [7, 11) is 0. The molecule has 98 valence electrons. The van der Waals surface area contributed by atoms with E-state index in [1.807, 2.05) is 17.0 Å². The van der Waals surface area contributed by atoms with Crippen LogP contribution in [0.1, 0.15) is 31.4 Å². The molecule has 1 fully saturated rings. The van der Waals surface area contributed by atoms with E-state index in [-0.39, 0.29) is 12.5 Å². The predicted octanol–water partition coefficient (Wildman–Crippen LogP) is 1.74. The summed E-state index contributed by atoms with van der Waals surface area (Å²) in [6, 6.07) is 7.26. The first kappa shape index (κ1) is 12.9. The van der Waals surface area contributed by atoms with Crippen molar-refractivity contribution < 1.29 is 14.6 Å². The van der Waals surface area contributed by atoms with E-state index in [1.165, 1.54) is 0 Å². The number of carbonyl (C=O) groups is 1. The van der Waals surface area contributed by atoms with Crippen LogP contribution < -0.4 is 4.74 Å². The summed E-state index contributed by atoms with van der Waals surface area (Å²) in [5.41, 5.74) is 0.715. The second-order valence-corrected chi connectivity index (χ2v) is 4.59. The molecule has 4 nitrogen and oxygen atoms in total. The second kappa shape index (κ2) is 5.87. The number of hydrogen-bond acceptors (Lipinski definition) is 3. The lowest BCUT2D eigenvalue weighted by Crippen LogP contribution is -2.32. The molecule has 18 heavy (non-hydrogen) atoms. The van der Waals surface area contributed by atoms with Gasteiger partial charge < -0.3 is 14.7 Å². The number of hydrogen-bond donors (Lipinski definition) is 1. The molecular weight excluding hydrogens is 230 g/mol. The van der Waals surface area contributed by atoms with Gasteiger partial charge in [0.05, 0.1) is 6.10 Å². The van der Waals surface area contributed by atoms with Crippen molar-refractivity contribution in [2.24, 2.45) is 0 Å². The summed E-state index contributed by atoms with van der Waals surface area (Å²) in [6.45, 7) is 3.40. The monoisotopic (exact) mass is 249 g/mol. The van der Waals surface area contributed by atoms with Crippen LogP contribution in [-0.4, -0.2) is 35.6 Å². The van der Waals surface area contributed by atoms with E-state index in [0.29, 0.717) is 11.3 Å². The zero-order valence-electron chi connectivity index (χ0n) is 10.6. The van der Waals surface area contributed by atoms with Gasteiger partial charge in [-0.1, -0.05) is 18.2 Å². The van der Waals surface area contributed by atoms with Gasteiger partial charge >= 0.3 is 0 Å². The molecule has 1 aromatic rings. The van der Waals surface area contributed by atoms with Crippen LogP contribution in [0.5, 0.6) is 5.75 Å². The van der Waals surface area contributed by atoms with Crippen molar-refractivity contribution in [3.8, 4) is 5.75 Å². The minimum absolute atomic E-state index is 0.0212. The molecule has 1 N–H and O–H groups in total. The van der Waals surface area contributed by atoms with Crippen molar-refractivity contribution in [3.63, 3.8) is 0 Å². The number of ether oxygens (including phenoxy) is 1. The first-order valence-corrected chi connectivity index (χ1v) is 6.36. The van der Waals surface area contributed by atoms with Crippen molar-refractivity contribution in [2.45, 2.75) is 25.9 Å². The number of amides is 1. The zero-order chi connectivity index (χ0) is 13.0. The molecule has 0 aromatic heterocycles. The Hall–Kier alpha value is -1.55. The summed E-state index contributed by atoms with van der Waals surface area (Å²) < 4.78 is 5.52. The van der Waals surface area contributed by atoms with E-state index in [1.54, 1.807) is 19.1 Å². The molecule has 2 rings (SSSR count). The Morgan fingerprint density at radius 1 is 1.39 bits per heavy atom. The van der Waals surface area contributed by atoms with Crippen LogP contribution in [0.15, 0.2) is 24.3 Å². The van der Waals surface area contributed by atoms with Gasteiger partial charge in [0.2, 0.25) is 0 Å². The molecule has 0 aliphatic carbocycles. The molecule has 0 spiro atoms. The van der Waals surface area contributed by atoms with Gasteiger partial charge in [-0.2, -0.15) is 0 Å². The topological polar surface area (TPSA) is 49.8 Å². The van der Waals surface area contributed by atoms with E-state index in [0.717, 1.165) is 25.9 Å². The number of para-hydroxylation sites is 1. The van der Waals surface area contributed by atoms with E-state index in [4.69, 9.17) is 4.74 Å². The average molecular weight is 249 g/mol. The maximum atomic E-state index is 11.8. The fourth-order valence-electron chi connectivity index (χ4n) is 2.15. The second-order valence-electron chi connectivity index (χ2n) is 4.59. The Morgan fingerprint density at radius 2 is 2.06 bits per heavy atom. The predicted molar refractivity (Wildman–Crippen MR) is 68.4 cm³/mol. The summed E-state index contributed by atoms with van der Waals surface area (Å²) in [5.74, 6) is 0.605. The molecule has 4 heteroatoms. The van der Waals surface area contributed by atoms with Crippen molar-refractivity contribution in [1.82, 2.24) is 4.90 Å². The lowest BCUT2D eigenvalue weighted by molar-refractivity contribution is -0.132. The van der Waals surface area contributed by atoms with Crippen molar-refractivity contribution in [2.75, 3.05) is 19.7 Å². The molecule has 1 saturated heterocycles. The summed E-state index contributed by atoms with van der Waals surface area (Å²) in [4.78, 5) is 13.7. The van der Waals surface area contributed by atoms with Gasteiger partial charge in [0, 0.05) is 18.7 Å². The minimum atomic E-state index is -0.594. The van der Waals surface area contributed by atoms with Crippen LogP contribution in [0.4, 0.5) is 0 Å². The SMILES string of the molecule is C[C@@H](O)c1ccccc1OCC(=O)N1CCCC1. The Morgan fingerprint density at radius 3 is 2.72 bits per heavy atom. The smallest absolute Gasteiger partial charge is 0.260 e. The van der Waals surface area contributed by atoms with E-state index in [2.05, 4.69) is 0 Å². The van der Waals surface area contributed by atoms with E-state index < -0.39 is 6.10 Å². The Balaban J connectivity index is 1.95. The van der Waals surface area contributed by atoms with Crippen molar-refractivity contribution in [1.29, 1.82) is 0 Å². The highest BCUT2D eigenvalue weighted by Gasteiger charge is 2.18. The summed E-state index contributed by atoms with van der Waals surface area (Å²) in [5, 5.41) is 9.61. The quantitative estimate of drug-likeness (QED) is 0.884. The van der Waals surface area contributed by atoms with Crippen LogP contribution in [0.2, 0.25) is 0 Å². The molecule has 0 bridgehead atoms. The fourth-order valence-corrected chi connectivity index (χ4v) is 2.15. The van der Waals surface area contributed by atoms with E-state index in [9.17, 15) is 9.90 Å². The van der Waals surface area contributed by atoms with Gasteiger partial charge in [0.1, 0.15) is 5.75 Å². The van der Waals surface area contributed by atoms with Gasteiger partial charge in [-0.3, -0.25) is 4.79 Å². The first-order chi connectivity index (χ1) is 8.68. The number of aliphatic hydroxyl groups is 1. The van der Waals surface area contributed by atoms with Crippen molar-refractivity contribution >= 4 is 5.91 Å². The molecule has 0 radical (unpaired) electrons. The number of rotatable bonds is 4. The number of likely N-dealkylation sites (tertiary alicyclic amines) is 1. The number of carbonyl (C=O) groups excluding carboxylic acids is 1. The Kier molecular flexibility index (Phi) is 4.20. The molecule has 1 aromatic carbocycles. The first-order valence-electron chi connectivity index (χ1n) is 6.36. The zero-order valence-corrected chi connectivity index (χ0v) is 10.6. The van der Waals surface area contributed by atoms with Crippen LogP contribution in [-0.2, 0) is 4.79 Å². The average Bonchev–Trinajstić information content (AvgIpc) is 2.90. The van der Waals surface area contributed by atoms with Gasteiger partial charge in [0.15, 0.2) is 6.61 Å². The van der Waals surface area contributed by atoms with E-state index >= 15 is 0 Å². The lowest BCUT2D eigenvalue weighted by atomic mass is 10.1. The third-order valence-electron chi connectivity index (χ3n) is 3.18. The maximum absolute atomic E-state index is 11.8. The Labute approximate surface area is 107 Å².